The monoisotopic (exact) mass is 394 g/mol. The zero-order valence-electron chi connectivity index (χ0n) is 16.1. The summed E-state index contributed by atoms with van der Waals surface area (Å²) in [6, 6.07) is 22.5. The molecule has 0 amide bonds. The van der Waals surface area contributed by atoms with E-state index in [2.05, 4.69) is 9.97 Å². The summed E-state index contributed by atoms with van der Waals surface area (Å²) in [5.74, 6) is 0. The first-order valence-electron chi connectivity index (χ1n) is 9.65. The molecular weight excluding hydrogens is 376 g/mol. The van der Waals surface area contributed by atoms with Crippen LogP contribution in [0, 0.1) is 0 Å². The number of hydrogen-bond acceptors (Lipinski definition) is 4. The number of hydrogen-bond donors (Lipinski definition) is 0. The Morgan fingerprint density at radius 1 is 0.567 bits per heavy atom. The van der Waals surface area contributed by atoms with Gasteiger partial charge in [0.25, 0.3) is 11.1 Å². The van der Waals surface area contributed by atoms with E-state index < -0.39 is 0 Å². The highest BCUT2D eigenvalue weighted by atomic mass is 16.1. The highest BCUT2D eigenvalue weighted by molar-refractivity contribution is 5.77. The molecule has 0 N–H and O–H groups in total. The van der Waals surface area contributed by atoms with E-state index in [-0.39, 0.29) is 11.1 Å². The van der Waals surface area contributed by atoms with Crippen molar-refractivity contribution in [2.24, 2.45) is 0 Å². The van der Waals surface area contributed by atoms with Crippen LogP contribution in [0.25, 0.3) is 21.8 Å². The van der Waals surface area contributed by atoms with E-state index in [1.807, 2.05) is 60.7 Å². The van der Waals surface area contributed by atoms with Crippen LogP contribution in [0.15, 0.2) is 95.0 Å². The Morgan fingerprint density at radius 3 is 1.40 bits per heavy atom. The molecule has 0 bridgehead atoms. The van der Waals surface area contributed by atoms with Crippen LogP contribution in [0.1, 0.15) is 11.1 Å². The molecule has 6 heteroatoms. The van der Waals surface area contributed by atoms with E-state index in [4.69, 9.17) is 0 Å². The van der Waals surface area contributed by atoms with Crippen LogP contribution in [-0.2, 0) is 13.1 Å². The Labute approximate surface area is 171 Å². The first-order valence-corrected chi connectivity index (χ1v) is 9.65. The number of benzene rings is 3. The van der Waals surface area contributed by atoms with Gasteiger partial charge in [-0.3, -0.25) is 18.7 Å². The Hall–Kier alpha value is -4.06. The van der Waals surface area contributed by atoms with Gasteiger partial charge in [0.15, 0.2) is 0 Å². The van der Waals surface area contributed by atoms with Crippen LogP contribution in [0.2, 0.25) is 0 Å². The lowest BCUT2D eigenvalue weighted by Gasteiger charge is -2.09. The molecule has 0 saturated heterocycles. The maximum atomic E-state index is 12.7. The summed E-state index contributed by atoms with van der Waals surface area (Å²) in [6.45, 7) is 0.878. The predicted octanol–water partition coefficient (Wildman–Crippen LogP) is 3.20. The van der Waals surface area contributed by atoms with Gasteiger partial charge in [0.2, 0.25) is 0 Å². The summed E-state index contributed by atoms with van der Waals surface area (Å²) in [4.78, 5) is 34.1. The van der Waals surface area contributed by atoms with Crippen LogP contribution in [0.5, 0.6) is 0 Å². The van der Waals surface area contributed by atoms with Crippen LogP contribution in [0.4, 0.5) is 0 Å². The van der Waals surface area contributed by atoms with Gasteiger partial charge < -0.3 is 0 Å². The molecule has 3 aromatic carbocycles. The van der Waals surface area contributed by atoms with Gasteiger partial charge in [0, 0.05) is 0 Å². The van der Waals surface area contributed by atoms with Gasteiger partial charge >= 0.3 is 0 Å². The Balaban J connectivity index is 1.39. The minimum atomic E-state index is -0.0570. The third-order valence-electron chi connectivity index (χ3n) is 5.19. The zero-order valence-corrected chi connectivity index (χ0v) is 16.1. The lowest BCUT2D eigenvalue weighted by molar-refractivity contribution is 0.738. The van der Waals surface area contributed by atoms with Crippen LogP contribution in [-0.4, -0.2) is 19.1 Å². The number of rotatable bonds is 4. The summed E-state index contributed by atoms with van der Waals surface area (Å²) >= 11 is 0. The SMILES string of the molecule is O=c1c2ccccc2ncn1Cc1ccc(Cn2cnc3ccccc3c2=O)cc1. The molecule has 5 rings (SSSR count). The van der Waals surface area contributed by atoms with E-state index in [0.717, 1.165) is 11.1 Å². The fourth-order valence-corrected chi connectivity index (χ4v) is 3.58. The molecule has 0 atom stereocenters. The topological polar surface area (TPSA) is 69.8 Å². The number of fused-ring (bicyclic) bond motifs is 2. The molecule has 0 aliphatic heterocycles. The minimum absolute atomic E-state index is 0.0570. The van der Waals surface area contributed by atoms with Crippen molar-refractivity contribution < 1.29 is 0 Å². The van der Waals surface area contributed by atoms with Crippen LogP contribution >= 0.6 is 0 Å². The van der Waals surface area contributed by atoms with Crippen LogP contribution in [0.3, 0.4) is 0 Å². The lowest BCUT2D eigenvalue weighted by Crippen LogP contribution is -2.21. The largest absolute Gasteiger partial charge is 0.294 e. The second kappa shape index (κ2) is 7.40. The van der Waals surface area contributed by atoms with E-state index in [9.17, 15) is 9.59 Å². The van der Waals surface area contributed by atoms with E-state index in [0.29, 0.717) is 34.9 Å². The van der Waals surface area contributed by atoms with Crippen molar-refractivity contribution in [3.05, 3.63) is 117 Å². The van der Waals surface area contributed by atoms with Crippen molar-refractivity contribution in [2.45, 2.75) is 13.1 Å². The molecule has 0 unspecified atom stereocenters. The van der Waals surface area contributed by atoms with Gasteiger partial charge in [-0.2, -0.15) is 0 Å². The second-order valence-electron chi connectivity index (χ2n) is 7.21. The molecule has 0 aliphatic rings. The third kappa shape index (κ3) is 3.28. The molecule has 0 radical (unpaired) electrons. The minimum Gasteiger partial charge on any atom is -0.294 e. The zero-order chi connectivity index (χ0) is 20.5. The highest BCUT2D eigenvalue weighted by Crippen LogP contribution is 2.10. The van der Waals surface area contributed by atoms with Crippen molar-refractivity contribution in [1.82, 2.24) is 19.1 Å². The molecular formula is C24H18N4O2. The number of aromatic nitrogens is 4. The third-order valence-corrected chi connectivity index (χ3v) is 5.19. The number of nitrogens with zero attached hydrogens (tertiary/aromatic N) is 4. The summed E-state index contributed by atoms with van der Waals surface area (Å²) in [5, 5.41) is 1.22. The van der Waals surface area contributed by atoms with Gasteiger partial charge in [-0.05, 0) is 35.4 Å². The maximum absolute atomic E-state index is 12.7. The van der Waals surface area contributed by atoms with Gasteiger partial charge in [0.05, 0.1) is 47.6 Å². The standard InChI is InChI=1S/C24H18N4O2/c29-23-19-5-1-3-7-21(19)25-15-27(23)13-17-9-11-18(12-10-17)14-28-16-26-22-8-4-2-6-20(22)24(28)30/h1-12,15-16H,13-14H2. The molecule has 146 valence electrons. The lowest BCUT2D eigenvalue weighted by atomic mass is 10.1. The quantitative estimate of drug-likeness (QED) is 0.469. The Bertz CT molecular complexity index is 1370. The maximum Gasteiger partial charge on any atom is 0.261 e. The van der Waals surface area contributed by atoms with Gasteiger partial charge in [-0.1, -0.05) is 48.5 Å². The van der Waals surface area contributed by atoms with Gasteiger partial charge in [0.1, 0.15) is 0 Å². The molecule has 6 nitrogen and oxygen atoms in total. The van der Waals surface area contributed by atoms with E-state index in [1.54, 1.807) is 33.9 Å². The fraction of sp³-hybridized carbons (Fsp3) is 0.0833. The van der Waals surface area contributed by atoms with E-state index >= 15 is 0 Å². The molecule has 0 spiro atoms. The smallest absolute Gasteiger partial charge is 0.261 e. The highest BCUT2D eigenvalue weighted by Gasteiger charge is 2.06. The van der Waals surface area contributed by atoms with Gasteiger partial charge in [-0.25, -0.2) is 9.97 Å². The normalized spacial score (nSPS) is 11.2. The van der Waals surface area contributed by atoms with Crippen molar-refractivity contribution in [3.8, 4) is 0 Å². The van der Waals surface area contributed by atoms with Crippen molar-refractivity contribution in [1.29, 1.82) is 0 Å². The van der Waals surface area contributed by atoms with Crippen LogP contribution < -0.4 is 11.1 Å². The van der Waals surface area contributed by atoms with Crippen molar-refractivity contribution >= 4 is 21.8 Å². The average Bonchev–Trinajstić information content (AvgIpc) is 2.79. The number of para-hydroxylation sites is 2. The predicted molar refractivity (Wildman–Crippen MR) is 117 cm³/mol. The summed E-state index contributed by atoms with van der Waals surface area (Å²) in [6.07, 6.45) is 3.16. The first-order chi connectivity index (χ1) is 14.7. The Morgan fingerprint density at radius 2 is 0.967 bits per heavy atom. The first kappa shape index (κ1) is 18.0. The molecule has 0 fully saturated rings. The molecule has 0 saturated carbocycles. The van der Waals surface area contributed by atoms with E-state index in [1.165, 1.54) is 0 Å². The molecule has 2 aromatic heterocycles. The molecule has 2 heterocycles. The van der Waals surface area contributed by atoms with Crippen molar-refractivity contribution in [3.63, 3.8) is 0 Å². The van der Waals surface area contributed by atoms with Gasteiger partial charge in [-0.15, -0.1) is 0 Å². The summed E-state index contributed by atoms with van der Waals surface area (Å²) in [7, 11) is 0. The average molecular weight is 394 g/mol. The van der Waals surface area contributed by atoms with Crippen molar-refractivity contribution in [2.75, 3.05) is 0 Å². The second-order valence-corrected chi connectivity index (χ2v) is 7.21. The fourth-order valence-electron chi connectivity index (χ4n) is 3.58. The molecule has 0 aliphatic carbocycles. The molecule has 5 aromatic rings. The Kier molecular flexibility index (Phi) is 4.44. The molecule has 30 heavy (non-hydrogen) atoms. The summed E-state index contributed by atoms with van der Waals surface area (Å²) < 4.78 is 3.21. The summed E-state index contributed by atoms with van der Waals surface area (Å²) in [5.41, 5.74) is 3.26.